The number of hydrogen-bond acceptors (Lipinski definition) is 3. The second-order valence-corrected chi connectivity index (χ2v) is 3.29. The van der Waals surface area contributed by atoms with Gasteiger partial charge in [-0.1, -0.05) is 0 Å². The van der Waals surface area contributed by atoms with Crippen LogP contribution in [0.25, 0.3) is 0 Å². The summed E-state index contributed by atoms with van der Waals surface area (Å²) in [4.78, 5) is 2.08. The van der Waals surface area contributed by atoms with Crippen LogP contribution in [0.2, 0.25) is 0 Å². The molecule has 10 heavy (non-hydrogen) atoms. The Morgan fingerprint density at radius 2 is 2.30 bits per heavy atom. The Bertz CT molecular complexity index is 114. The van der Waals surface area contributed by atoms with Crippen molar-refractivity contribution in [2.75, 3.05) is 33.4 Å². The van der Waals surface area contributed by atoms with E-state index in [4.69, 9.17) is 4.74 Å². The molecule has 1 fully saturated rings. The van der Waals surface area contributed by atoms with E-state index in [9.17, 15) is 5.11 Å². The molecule has 1 aliphatic rings. The van der Waals surface area contributed by atoms with Gasteiger partial charge in [0.15, 0.2) is 0 Å². The van der Waals surface area contributed by atoms with Crippen LogP contribution in [0, 0.1) is 0 Å². The number of nitrogens with zero attached hydrogens (tertiary/aromatic N) is 1. The van der Waals surface area contributed by atoms with Crippen molar-refractivity contribution < 1.29 is 9.84 Å². The van der Waals surface area contributed by atoms with Gasteiger partial charge in [0.25, 0.3) is 0 Å². The Balaban J connectivity index is 2.46. The summed E-state index contributed by atoms with van der Waals surface area (Å²) in [5, 5.41) is 9.56. The molecule has 0 saturated carbocycles. The molecule has 0 aromatic heterocycles. The minimum atomic E-state index is -0.661. The van der Waals surface area contributed by atoms with Crippen LogP contribution in [-0.4, -0.2) is 49.0 Å². The minimum Gasteiger partial charge on any atom is -0.386 e. The molecular formula is C7H15NO2. The third-order valence-corrected chi connectivity index (χ3v) is 1.64. The van der Waals surface area contributed by atoms with Crippen molar-refractivity contribution in [3.63, 3.8) is 0 Å². The van der Waals surface area contributed by atoms with E-state index in [0.717, 1.165) is 13.2 Å². The monoisotopic (exact) mass is 145 g/mol. The smallest absolute Gasteiger partial charge is 0.0978 e. The SMILES string of the molecule is CN1CCOCC(C)(O)C1. The predicted molar refractivity (Wildman–Crippen MR) is 38.9 cm³/mol. The molecule has 60 valence electrons. The number of ether oxygens (including phenoxy) is 1. The molecule has 1 N–H and O–H groups in total. The summed E-state index contributed by atoms with van der Waals surface area (Å²) in [5.41, 5.74) is -0.661. The first-order valence-electron chi connectivity index (χ1n) is 3.59. The van der Waals surface area contributed by atoms with Crippen molar-refractivity contribution in [1.82, 2.24) is 4.90 Å². The van der Waals surface area contributed by atoms with Gasteiger partial charge in [0, 0.05) is 13.1 Å². The molecule has 1 atom stereocenters. The third kappa shape index (κ3) is 2.25. The van der Waals surface area contributed by atoms with E-state index < -0.39 is 5.60 Å². The van der Waals surface area contributed by atoms with Crippen LogP contribution in [0.3, 0.4) is 0 Å². The van der Waals surface area contributed by atoms with Crippen molar-refractivity contribution in [3.05, 3.63) is 0 Å². The minimum absolute atomic E-state index is 0.456. The molecule has 0 bridgehead atoms. The van der Waals surface area contributed by atoms with E-state index in [1.807, 2.05) is 7.05 Å². The van der Waals surface area contributed by atoms with Crippen LogP contribution >= 0.6 is 0 Å². The standard InChI is InChI=1S/C7H15NO2/c1-7(9)5-8(2)3-4-10-6-7/h9H,3-6H2,1-2H3. The van der Waals surface area contributed by atoms with Crippen LogP contribution in [0.15, 0.2) is 0 Å². The number of β-amino-alcohol motifs (C(OH)–C–C–N with tert-alkyl or cyclic N) is 1. The summed E-state index contributed by atoms with van der Waals surface area (Å²) in [6.45, 7) is 4.60. The first-order chi connectivity index (χ1) is 4.60. The zero-order chi connectivity index (χ0) is 7.61. The summed E-state index contributed by atoms with van der Waals surface area (Å²) >= 11 is 0. The van der Waals surface area contributed by atoms with Gasteiger partial charge in [-0.05, 0) is 14.0 Å². The lowest BCUT2D eigenvalue weighted by Crippen LogP contribution is -2.39. The van der Waals surface area contributed by atoms with Crippen molar-refractivity contribution in [2.24, 2.45) is 0 Å². The zero-order valence-corrected chi connectivity index (χ0v) is 6.63. The van der Waals surface area contributed by atoms with Crippen LogP contribution in [0.1, 0.15) is 6.92 Å². The highest BCUT2D eigenvalue weighted by molar-refractivity contribution is 4.77. The maximum absolute atomic E-state index is 9.56. The van der Waals surface area contributed by atoms with Crippen molar-refractivity contribution in [3.8, 4) is 0 Å². The van der Waals surface area contributed by atoms with E-state index >= 15 is 0 Å². The molecule has 3 nitrogen and oxygen atoms in total. The fourth-order valence-corrected chi connectivity index (χ4v) is 1.22. The molecule has 1 saturated heterocycles. The Labute approximate surface area is 61.6 Å². The molecule has 0 aromatic carbocycles. The van der Waals surface area contributed by atoms with Crippen LogP contribution < -0.4 is 0 Å². The van der Waals surface area contributed by atoms with Gasteiger partial charge in [-0.25, -0.2) is 0 Å². The van der Waals surface area contributed by atoms with Gasteiger partial charge in [0.1, 0.15) is 0 Å². The maximum Gasteiger partial charge on any atom is 0.0978 e. The van der Waals surface area contributed by atoms with Crippen LogP contribution in [-0.2, 0) is 4.74 Å². The summed E-state index contributed by atoms with van der Waals surface area (Å²) in [6.07, 6.45) is 0. The van der Waals surface area contributed by atoms with Gasteiger partial charge in [-0.3, -0.25) is 0 Å². The molecule has 0 amide bonds. The normalized spacial score (nSPS) is 37.5. The molecule has 1 heterocycles. The third-order valence-electron chi connectivity index (χ3n) is 1.64. The maximum atomic E-state index is 9.56. The van der Waals surface area contributed by atoms with E-state index in [2.05, 4.69) is 4.90 Å². The number of likely N-dealkylation sites (N-methyl/N-ethyl adjacent to an activating group) is 1. The average molecular weight is 145 g/mol. The lowest BCUT2D eigenvalue weighted by Gasteiger charge is -2.23. The number of hydrogen-bond donors (Lipinski definition) is 1. The lowest BCUT2D eigenvalue weighted by molar-refractivity contribution is -0.0202. The van der Waals surface area contributed by atoms with Crippen LogP contribution in [0.4, 0.5) is 0 Å². The van der Waals surface area contributed by atoms with Crippen molar-refractivity contribution >= 4 is 0 Å². The Morgan fingerprint density at radius 1 is 1.60 bits per heavy atom. The van der Waals surface area contributed by atoms with E-state index in [1.54, 1.807) is 6.92 Å². The number of rotatable bonds is 0. The summed E-state index contributed by atoms with van der Waals surface area (Å²) in [7, 11) is 1.99. The topological polar surface area (TPSA) is 32.7 Å². The Kier molecular flexibility index (Phi) is 2.28. The van der Waals surface area contributed by atoms with E-state index in [-0.39, 0.29) is 0 Å². The molecule has 0 aliphatic carbocycles. The molecule has 0 aromatic rings. The Morgan fingerprint density at radius 3 is 3.00 bits per heavy atom. The largest absolute Gasteiger partial charge is 0.386 e. The fraction of sp³-hybridized carbons (Fsp3) is 1.00. The molecule has 1 rings (SSSR count). The van der Waals surface area contributed by atoms with Gasteiger partial charge in [-0.15, -0.1) is 0 Å². The molecule has 0 radical (unpaired) electrons. The van der Waals surface area contributed by atoms with Crippen molar-refractivity contribution in [1.29, 1.82) is 0 Å². The van der Waals surface area contributed by atoms with Gasteiger partial charge in [-0.2, -0.15) is 0 Å². The first-order valence-corrected chi connectivity index (χ1v) is 3.59. The highest BCUT2D eigenvalue weighted by Gasteiger charge is 2.24. The molecule has 1 unspecified atom stereocenters. The molecular weight excluding hydrogens is 130 g/mol. The first kappa shape index (κ1) is 7.98. The summed E-state index contributed by atoms with van der Waals surface area (Å²) in [6, 6.07) is 0. The molecule has 1 aliphatic heterocycles. The molecule has 3 heteroatoms. The van der Waals surface area contributed by atoms with E-state index in [0.29, 0.717) is 13.2 Å². The van der Waals surface area contributed by atoms with Gasteiger partial charge >= 0.3 is 0 Å². The second kappa shape index (κ2) is 2.86. The zero-order valence-electron chi connectivity index (χ0n) is 6.63. The van der Waals surface area contributed by atoms with Crippen molar-refractivity contribution in [2.45, 2.75) is 12.5 Å². The second-order valence-electron chi connectivity index (χ2n) is 3.29. The van der Waals surface area contributed by atoms with Gasteiger partial charge < -0.3 is 14.7 Å². The fourth-order valence-electron chi connectivity index (χ4n) is 1.22. The highest BCUT2D eigenvalue weighted by Crippen LogP contribution is 2.08. The summed E-state index contributed by atoms with van der Waals surface area (Å²) < 4.78 is 5.19. The Hall–Kier alpha value is -0.120. The molecule has 0 spiro atoms. The predicted octanol–water partition coefficient (Wildman–Crippen LogP) is -0.301. The lowest BCUT2D eigenvalue weighted by atomic mass is 10.1. The summed E-state index contributed by atoms with van der Waals surface area (Å²) in [5.74, 6) is 0. The van der Waals surface area contributed by atoms with Gasteiger partial charge in [0.05, 0.1) is 18.8 Å². The highest BCUT2D eigenvalue weighted by atomic mass is 16.5. The quantitative estimate of drug-likeness (QED) is 0.508. The van der Waals surface area contributed by atoms with E-state index in [1.165, 1.54) is 0 Å². The average Bonchev–Trinajstić information content (AvgIpc) is 1.90. The van der Waals surface area contributed by atoms with Crippen LogP contribution in [0.5, 0.6) is 0 Å². The number of aliphatic hydroxyl groups is 1. The van der Waals surface area contributed by atoms with Gasteiger partial charge in [0.2, 0.25) is 0 Å².